The standard InChI is InChI=1S/C18H38O2.H2O/c1-3-4-5-6-7-8-9-10-11-12-13-14-15-16-20-18-17-19-2;/h3-18H2,1-2H3;1H2. The van der Waals surface area contributed by atoms with Crippen LogP contribution in [-0.2, 0) is 9.47 Å². The number of hydrogen-bond acceptors (Lipinski definition) is 2. The molecular weight excluding hydrogens is 264 g/mol. The first-order valence-corrected chi connectivity index (χ1v) is 8.98. The van der Waals surface area contributed by atoms with E-state index in [-0.39, 0.29) is 5.48 Å². The van der Waals surface area contributed by atoms with E-state index in [1.165, 1.54) is 83.5 Å². The molecule has 0 saturated carbocycles. The van der Waals surface area contributed by atoms with Gasteiger partial charge in [0.15, 0.2) is 0 Å². The van der Waals surface area contributed by atoms with Crippen LogP contribution in [0.1, 0.15) is 90.4 Å². The number of hydrogen-bond donors (Lipinski definition) is 0. The maximum absolute atomic E-state index is 5.45. The van der Waals surface area contributed by atoms with Crippen molar-refractivity contribution in [3.8, 4) is 0 Å². The van der Waals surface area contributed by atoms with Gasteiger partial charge in [-0.3, -0.25) is 0 Å². The third-order valence-electron chi connectivity index (χ3n) is 3.82. The first kappa shape index (κ1) is 23.2. The monoisotopic (exact) mass is 304 g/mol. The molecule has 0 aromatic rings. The molecule has 0 heterocycles. The molecule has 0 aliphatic heterocycles. The fourth-order valence-corrected chi connectivity index (χ4v) is 2.47. The normalized spacial score (nSPS) is 10.6. The minimum absolute atomic E-state index is 0. The Morgan fingerprint density at radius 2 is 0.952 bits per heavy atom. The van der Waals surface area contributed by atoms with Crippen LogP contribution in [0.3, 0.4) is 0 Å². The molecule has 0 amide bonds. The third kappa shape index (κ3) is 22.3. The highest BCUT2D eigenvalue weighted by Crippen LogP contribution is 2.12. The van der Waals surface area contributed by atoms with Crippen molar-refractivity contribution >= 4 is 0 Å². The van der Waals surface area contributed by atoms with Crippen LogP contribution in [0, 0.1) is 0 Å². The maximum Gasteiger partial charge on any atom is 0.0700 e. The predicted molar refractivity (Wildman–Crippen MR) is 92.0 cm³/mol. The molecule has 3 nitrogen and oxygen atoms in total. The molecule has 0 spiro atoms. The van der Waals surface area contributed by atoms with Gasteiger partial charge in [-0.05, 0) is 6.42 Å². The zero-order valence-corrected chi connectivity index (χ0v) is 14.6. The second kappa shape index (κ2) is 22.2. The molecule has 0 aliphatic rings. The maximum atomic E-state index is 5.45. The Morgan fingerprint density at radius 1 is 0.524 bits per heavy atom. The number of ether oxygens (including phenoxy) is 2. The van der Waals surface area contributed by atoms with E-state index >= 15 is 0 Å². The van der Waals surface area contributed by atoms with Crippen molar-refractivity contribution < 1.29 is 14.9 Å². The van der Waals surface area contributed by atoms with Crippen LogP contribution in [0.15, 0.2) is 0 Å². The van der Waals surface area contributed by atoms with Gasteiger partial charge in [-0.25, -0.2) is 0 Å². The Hall–Kier alpha value is -0.120. The molecule has 0 radical (unpaired) electrons. The highest BCUT2D eigenvalue weighted by molar-refractivity contribution is 4.48. The highest BCUT2D eigenvalue weighted by Gasteiger charge is 1.94. The first-order chi connectivity index (χ1) is 9.91. The predicted octanol–water partition coefficient (Wildman–Crippen LogP) is 4.92. The van der Waals surface area contributed by atoms with Gasteiger partial charge in [-0.2, -0.15) is 0 Å². The summed E-state index contributed by atoms with van der Waals surface area (Å²) in [7, 11) is 1.72. The van der Waals surface area contributed by atoms with Gasteiger partial charge >= 0.3 is 0 Å². The molecule has 130 valence electrons. The van der Waals surface area contributed by atoms with Crippen molar-refractivity contribution in [2.24, 2.45) is 0 Å². The Labute approximate surface area is 133 Å². The van der Waals surface area contributed by atoms with Gasteiger partial charge in [-0.1, -0.05) is 84.0 Å². The summed E-state index contributed by atoms with van der Waals surface area (Å²) in [6, 6.07) is 0. The van der Waals surface area contributed by atoms with E-state index in [9.17, 15) is 0 Å². The summed E-state index contributed by atoms with van der Waals surface area (Å²) in [6.07, 6.45) is 18.2. The molecule has 0 aromatic heterocycles. The molecule has 0 aromatic carbocycles. The largest absolute Gasteiger partial charge is 0.412 e. The lowest BCUT2D eigenvalue weighted by Crippen LogP contribution is -2.02. The summed E-state index contributed by atoms with van der Waals surface area (Å²) in [5.74, 6) is 0. The van der Waals surface area contributed by atoms with Crippen molar-refractivity contribution in [1.29, 1.82) is 0 Å². The minimum Gasteiger partial charge on any atom is -0.412 e. The molecule has 21 heavy (non-hydrogen) atoms. The summed E-state index contributed by atoms with van der Waals surface area (Å²) in [5.41, 5.74) is 0. The molecule has 0 fully saturated rings. The molecule has 0 saturated heterocycles. The fraction of sp³-hybridized carbons (Fsp3) is 1.00. The Kier molecular flexibility index (Phi) is 24.4. The summed E-state index contributed by atoms with van der Waals surface area (Å²) in [4.78, 5) is 0. The second-order valence-corrected chi connectivity index (χ2v) is 5.85. The summed E-state index contributed by atoms with van der Waals surface area (Å²) >= 11 is 0. The fourth-order valence-electron chi connectivity index (χ4n) is 2.47. The third-order valence-corrected chi connectivity index (χ3v) is 3.82. The lowest BCUT2D eigenvalue weighted by Gasteiger charge is -2.04. The Morgan fingerprint density at radius 3 is 1.38 bits per heavy atom. The molecule has 0 aliphatic carbocycles. The molecule has 3 heteroatoms. The lowest BCUT2D eigenvalue weighted by atomic mass is 10.0. The Bertz CT molecular complexity index is 145. The number of rotatable bonds is 17. The molecule has 0 unspecified atom stereocenters. The van der Waals surface area contributed by atoms with Crippen LogP contribution >= 0.6 is 0 Å². The van der Waals surface area contributed by atoms with E-state index in [0.29, 0.717) is 0 Å². The van der Waals surface area contributed by atoms with Crippen LogP contribution in [0.2, 0.25) is 0 Å². The average Bonchev–Trinajstić information content (AvgIpc) is 2.47. The SMILES string of the molecule is CCCCCCCCCCCCCCCOCCOC.O. The van der Waals surface area contributed by atoms with E-state index in [4.69, 9.17) is 9.47 Å². The summed E-state index contributed by atoms with van der Waals surface area (Å²) in [5, 5.41) is 0. The molecular formula is C18H40O3. The summed E-state index contributed by atoms with van der Waals surface area (Å²) in [6.45, 7) is 4.65. The van der Waals surface area contributed by atoms with Gasteiger partial charge in [0.1, 0.15) is 0 Å². The van der Waals surface area contributed by atoms with Crippen molar-refractivity contribution in [3.63, 3.8) is 0 Å². The highest BCUT2D eigenvalue weighted by atomic mass is 16.5. The molecule has 0 rings (SSSR count). The number of unbranched alkanes of at least 4 members (excludes halogenated alkanes) is 12. The topological polar surface area (TPSA) is 50.0 Å². The zero-order valence-electron chi connectivity index (χ0n) is 14.6. The van der Waals surface area contributed by atoms with Crippen LogP contribution < -0.4 is 0 Å². The average molecular weight is 305 g/mol. The summed E-state index contributed by atoms with van der Waals surface area (Å²) < 4.78 is 10.4. The van der Waals surface area contributed by atoms with Gasteiger partial charge in [0, 0.05) is 13.7 Å². The quantitative estimate of drug-likeness (QED) is 0.358. The van der Waals surface area contributed by atoms with Crippen molar-refractivity contribution in [3.05, 3.63) is 0 Å². The van der Waals surface area contributed by atoms with E-state index in [1.54, 1.807) is 7.11 Å². The van der Waals surface area contributed by atoms with E-state index < -0.39 is 0 Å². The van der Waals surface area contributed by atoms with Crippen molar-refractivity contribution in [1.82, 2.24) is 0 Å². The molecule has 0 bridgehead atoms. The Balaban J connectivity index is 0. The van der Waals surface area contributed by atoms with Gasteiger partial charge in [-0.15, -0.1) is 0 Å². The van der Waals surface area contributed by atoms with Gasteiger partial charge in [0.05, 0.1) is 13.2 Å². The van der Waals surface area contributed by atoms with E-state index in [2.05, 4.69) is 6.92 Å². The van der Waals surface area contributed by atoms with E-state index in [0.717, 1.165) is 19.8 Å². The second-order valence-electron chi connectivity index (χ2n) is 5.85. The van der Waals surface area contributed by atoms with Crippen molar-refractivity contribution in [2.75, 3.05) is 26.9 Å². The first-order valence-electron chi connectivity index (χ1n) is 8.98. The minimum atomic E-state index is 0. The van der Waals surface area contributed by atoms with Gasteiger partial charge in [0.25, 0.3) is 0 Å². The van der Waals surface area contributed by atoms with Crippen molar-refractivity contribution in [2.45, 2.75) is 90.4 Å². The lowest BCUT2D eigenvalue weighted by molar-refractivity contribution is 0.0685. The smallest absolute Gasteiger partial charge is 0.0700 e. The van der Waals surface area contributed by atoms with Crippen LogP contribution in [0.5, 0.6) is 0 Å². The zero-order chi connectivity index (χ0) is 14.7. The number of methoxy groups -OCH3 is 1. The molecule has 2 N–H and O–H groups in total. The van der Waals surface area contributed by atoms with Crippen LogP contribution in [0.25, 0.3) is 0 Å². The van der Waals surface area contributed by atoms with Crippen LogP contribution in [-0.4, -0.2) is 32.4 Å². The van der Waals surface area contributed by atoms with Crippen LogP contribution in [0.4, 0.5) is 0 Å². The van der Waals surface area contributed by atoms with Gasteiger partial charge < -0.3 is 14.9 Å². The van der Waals surface area contributed by atoms with Gasteiger partial charge in [0.2, 0.25) is 0 Å². The molecule has 0 atom stereocenters. The van der Waals surface area contributed by atoms with E-state index in [1.807, 2.05) is 0 Å².